The van der Waals surface area contributed by atoms with Gasteiger partial charge in [-0.25, -0.2) is 0 Å². The Morgan fingerprint density at radius 2 is 0.795 bits per heavy atom. The summed E-state index contributed by atoms with van der Waals surface area (Å²) in [6.45, 7) is 4.55. The third-order valence-corrected chi connectivity index (χ3v) is 8.27. The van der Waals surface area contributed by atoms with E-state index in [2.05, 4.69) is 13.8 Å². The number of carbonyl (C=O) groups excluding carboxylic acids is 2. The van der Waals surface area contributed by atoms with E-state index in [9.17, 15) is 9.59 Å². The van der Waals surface area contributed by atoms with Crippen LogP contribution in [0.2, 0.25) is 0 Å². The molecule has 0 aromatic heterocycles. The van der Waals surface area contributed by atoms with Crippen LogP contribution in [0.15, 0.2) is 0 Å². The van der Waals surface area contributed by atoms with Gasteiger partial charge in [-0.1, -0.05) is 181 Å². The van der Waals surface area contributed by atoms with Crippen LogP contribution in [0, 0.1) is 0 Å². The average molecular weight is 551 g/mol. The molecule has 39 heavy (non-hydrogen) atoms. The molecule has 0 saturated heterocycles. The van der Waals surface area contributed by atoms with Crippen molar-refractivity contribution < 1.29 is 14.3 Å². The van der Waals surface area contributed by atoms with E-state index in [4.69, 9.17) is 4.74 Å². The monoisotopic (exact) mass is 551 g/mol. The normalized spacial score (nSPS) is 12.1. The number of hydrogen-bond acceptors (Lipinski definition) is 3. The number of rotatable bonds is 33. The van der Waals surface area contributed by atoms with Crippen molar-refractivity contribution in [1.82, 2.24) is 0 Å². The van der Waals surface area contributed by atoms with E-state index < -0.39 is 0 Å². The van der Waals surface area contributed by atoms with Crippen LogP contribution in [-0.4, -0.2) is 18.4 Å². The van der Waals surface area contributed by atoms with Crippen LogP contribution in [0.1, 0.15) is 213 Å². The van der Waals surface area contributed by atoms with Crippen molar-refractivity contribution in [2.24, 2.45) is 0 Å². The average Bonchev–Trinajstić information content (AvgIpc) is 2.93. The van der Waals surface area contributed by atoms with Crippen LogP contribution in [0.5, 0.6) is 0 Å². The zero-order valence-electron chi connectivity index (χ0n) is 26.8. The molecule has 0 aliphatic carbocycles. The van der Waals surface area contributed by atoms with Crippen LogP contribution in [0.25, 0.3) is 0 Å². The molecule has 0 radical (unpaired) electrons. The molecule has 0 saturated carbocycles. The lowest BCUT2D eigenvalue weighted by Crippen LogP contribution is -2.18. The maximum absolute atomic E-state index is 12.3. The standard InChI is InChI=1S/C36H70O3/c1-3-5-7-9-11-13-15-16-17-18-19-20-22-24-26-28-30-32-36(38)39-35(33-34-37)31-29-27-25-23-21-14-12-10-8-6-4-2/h34-35H,3-33H2,1-2H3. The van der Waals surface area contributed by atoms with Crippen LogP contribution in [-0.2, 0) is 14.3 Å². The van der Waals surface area contributed by atoms with E-state index in [-0.39, 0.29) is 12.1 Å². The van der Waals surface area contributed by atoms with Gasteiger partial charge in [0.25, 0.3) is 0 Å². The second-order valence-corrected chi connectivity index (χ2v) is 12.2. The fraction of sp³-hybridized carbons (Fsp3) is 0.944. The van der Waals surface area contributed by atoms with Gasteiger partial charge in [0, 0.05) is 12.8 Å². The molecule has 0 aromatic carbocycles. The SMILES string of the molecule is CCCCCCCCCCCCCCCCCCCC(=O)OC(CC=O)CCCCCCCCCCCCC. The molecule has 1 atom stereocenters. The van der Waals surface area contributed by atoms with Crippen molar-refractivity contribution in [2.45, 2.75) is 219 Å². The summed E-state index contributed by atoms with van der Waals surface area (Å²) >= 11 is 0. The molecule has 0 heterocycles. The van der Waals surface area contributed by atoms with Crippen molar-refractivity contribution in [3.8, 4) is 0 Å². The van der Waals surface area contributed by atoms with Crippen molar-refractivity contribution in [1.29, 1.82) is 0 Å². The molecule has 0 aliphatic heterocycles. The molecule has 0 rings (SSSR count). The third kappa shape index (κ3) is 31.5. The molecular formula is C36H70O3. The van der Waals surface area contributed by atoms with Crippen LogP contribution in [0.3, 0.4) is 0 Å². The summed E-state index contributed by atoms with van der Waals surface area (Å²) in [5.74, 6) is -0.106. The van der Waals surface area contributed by atoms with Gasteiger partial charge in [-0.05, 0) is 19.3 Å². The van der Waals surface area contributed by atoms with Gasteiger partial charge in [-0.3, -0.25) is 4.79 Å². The molecule has 3 nitrogen and oxygen atoms in total. The van der Waals surface area contributed by atoms with Crippen molar-refractivity contribution in [3.05, 3.63) is 0 Å². The van der Waals surface area contributed by atoms with Crippen LogP contribution < -0.4 is 0 Å². The summed E-state index contributed by atoms with van der Waals surface area (Å²) in [4.78, 5) is 23.3. The lowest BCUT2D eigenvalue weighted by atomic mass is 10.0. The molecule has 0 fully saturated rings. The molecular weight excluding hydrogens is 480 g/mol. The Morgan fingerprint density at radius 3 is 1.13 bits per heavy atom. The van der Waals surface area contributed by atoms with Gasteiger partial charge in [-0.15, -0.1) is 0 Å². The Labute approximate surface area is 245 Å². The predicted octanol–water partition coefficient (Wildman–Crippen LogP) is 12.2. The van der Waals surface area contributed by atoms with Crippen molar-refractivity contribution in [3.63, 3.8) is 0 Å². The largest absolute Gasteiger partial charge is 0.462 e. The first-order chi connectivity index (χ1) is 19.2. The highest BCUT2D eigenvalue weighted by Gasteiger charge is 2.13. The summed E-state index contributed by atoms with van der Waals surface area (Å²) in [5.41, 5.74) is 0. The van der Waals surface area contributed by atoms with Gasteiger partial charge in [0.15, 0.2) is 0 Å². The minimum Gasteiger partial charge on any atom is -0.462 e. The lowest BCUT2D eigenvalue weighted by Gasteiger charge is -2.15. The number of unbranched alkanes of at least 4 members (excludes halogenated alkanes) is 26. The van der Waals surface area contributed by atoms with Crippen molar-refractivity contribution in [2.75, 3.05) is 0 Å². The highest BCUT2D eigenvalue weighted by Crippen LogP contribution is 2.17. The maximum atomic E-state index is 12.3. The summed E-state index contributed by atoms with van der Waals surface area (Å²) in [7, 11) is 0. The highest BCUT2D eigenvalue weighted by atomic mass is 16.5. The smallest absolute Gasteiger partial charge is 0.306 e. The fourth-order valence-electron chi connectivity index (χ4n) is 5.61. The zero-order chi connectivity index (χ0) is 28.5. The van der Waals surface area contributed by atoms with Gasteiger partial charge in [0.1, 0.15) is 12.4 Å². The van der Waals surface area contributed by atoms with Crippen LogP contribution in [0.4, 0.5) is 0 Å². The minimum absolute atomic E-state index is 0.106. The number of hydrogen-bond donors (Lipinski definition) is 0. The van der Waals surface area contributed by atoms with E-state index in [1.54, 1.807) is 0 Å². The summed E-state index contributed by atoms with van der Waals surface area (Å²) in [6, 6.07) is 0. The predicted molar refractivity (Wildman–Crippen MR) is 170 cm³/mol. The first-order valence-electron chi connectivity index (χ1n) is 17.9. The van der Waals surface area contributed by atoms with Crippen LogP contribution >= 0.6 is 0 Å². The molecule has 0 bridgehead atoms. The second-order valence-electron chi connectivity index (χ2n) is 12.2. The number of carbonyl (C=O) groups is 2. The first kappa shape index (κ1) is 38.1. The molecule has 232 valence electrons. The van der Waals surface area contributed by atoms with E-state index in [1.165, 1.54) is 161 Å². The summed E-state index contributed by atoms with van der Waals surface area (Å²) in [5, 5.41) is 0. The van der Waals surface area contributed by atoms with E-state index in [0.717, 1.165) is 32.0 Å². The number of aldehydes is 1. The second kappa shape index (κ2) is 33.3. The van der Waals surface area contributed by atoms with Gasteiger partial charge in [0.2, 0.25) is 0 Å². The Morgan fingerprint density at radius 1 is 0.487 bits per heavy atom. The Hall–Kier alpha value is -0.860. The van der Waals surface area contributed by atoms with E-state index in [1.807, 2.05) is 0 Å². The first-order valence-corrected chi connectivity index (χ1v) is 17.9. The molecule has 0 aromatic rings. The fourth-order valence-corrected chi connectivity index (χ4v) is 5.61. The third-order valence-electron chi connectivity index (χ3n) is 8.27. The van der Waals surface area contributed by atoms with Gasteiger partial charge in [0.05, 0.1) is 0 Å². The van der Waals surface area contributed by atoms with Gasteiger partial charge in [-0.2, -0.15) is 0 Å². The Kier molecular flexibility index (Phi) is 32.6. The molecule has 0 spiro atoms. The van der Waals surface area contributed by atoms with Crippen molar-refractivity contribution >= 4 is 12.3 Å². The summed E-state index contributed by atoms with van der Waals surface area (Å²) < 4.78 is 5.64. The topological polar surface area (TPSA) is 43.4 Å². The van der Waals surface area contributed by atoms with E-state index >= 15 is 0 Å². The zero-order valence-corrected chi connectivity index (χ0v) is 26.8. The lowest BCUT2D eigenvalue weighted by molar-refractivity contribution is -0.150. The molecule has 0 aliphatic rings. The molecule has 0 N–H and O–H groups in total. The molecule has 0 amide bonds. The molecule has 3 heteroatoms. The highest BCUT2D eigenvalue weighted by molar-refractivity contribution is 5.69. The number of ether oxygens (including phenoxy) is 1. The quantitative estimate of drug-likeness (QED) is 0.0463. The summed E-state index contributed by atoms with van der Waals surface area (Å²) in [6.07, 6.45) is 39.6. The van der Waals surface area contributed by atoms with Gasteiger partial charge >= 0.3 is 5.97 Å². The Bertz CT molecular complexity index is 490. The van der Waals surface area contributed by atoms with Gasteiger partial charge < -0.3 is 9.53 Å². The number of esters is 1. The van der Waals surface area contributed by atoms with E-state index in [0.29, 0.717) is 12.8 Å². The maximum Gasteiger partial charge on any atom is 0.306 e. The minimum atomic E-state index is -0.209. The Balaban J connectivity index is 3.48. The molecule has 1 unspecified atom stereocenters.